The van der Waals surface area contributed by atoms with Crippen LogP contribution < -0.4 is 0 Å². The Morgan fingerprint density at radius 1 is 1.29 bits per heavy atom. The lowest BCUT2D eigenvalue weighted by Gasteiger charge is -2.22. The van der Waals surface area contributed by atoms with Crippen molar-refractivity contribution in [1.82, 2.24) is 0 Å². The summed E-state index contributed by atoms with van der Waals surface area (Å²) in [6.07, 6.45) is 2.26. The second-order valence-electron chi connectivity index (χ2n) is 3.91. The summed E-state index contributed by atoms with van der Waals surface area (Å²) < 4.78 is 13.6. The zero-order valence-corrected chi connectivity index (χ0v) is 9.24. The molecule has 0 spiro atoms. The molecule has 2 heteroatoms. The molecule has 1 aromatic carbocycles. The van der Waals surface area contributed by atoms with Gasteiger partial charge in [0, 0.05) is 0 Å². The van der Waals surface area contributed by atoms with Crippen LogP contribution in [-0.4, -0.2) is 11.5 Å². The van der Waals surface area contributed by atoms with Crippen LogP contribution in [0.1, 0.15) is 29.9 Å². The monoisotopic (exact) mass is 210 g/mol. The fourth-order valence-electron chi connectivity index (χ4n) is 1.97. The van der Waals surface area contributed by atoms with Crippen LogP contribution in [0, 0.1) is 12.7 Å². The second kappa shape index (κ2) is 4.35. The Bertz CT molecular complexity index is 316. The molecule has 0 N–H and O–H groups in total. The summed E-state index contributed by atoms with van der Waals surface area (Å²) in [5.41, 5.74) is 1.94. The highest BCUT2D eigenvalue weighted by atomic mass is 32.2. The van der Waals surface area contributed by atoms with Gasteiger partial charge in [-0.1, -0.05) is 12.1 Å². The molecule has 0 nitrogen and oxygen atoms in total. The highest BCUT2D eigenvalue weighted by Crippen LogP contribution is 2.32. The fraction of sp³-hybridized carbons (Fsp3) is 0.500. The average molecular weight is 210 g/mol. The molecule has 0 bridgehead atoms. The van der Waals surface area contributed by atoms with Crippen molar-refractivity contribution in [3.05, 3.63) is 35.1 Å². The third kappa shape index (κ3) is 2.11. The largest absolute Gasteiger partial charge is 0.207 e. The Hall–Kier alpha value is -0.500. The van der Waals surface area contributed by atoms with Crippen LogP contribution in [0.4, 0.5) is 4.39 Å². The second-order valence-corrected chi connectivity index (χ2v) is 5.14. The van der Waals surface area contributed by atoms with Crippen molar-refractivity contribution in [2.24, 2.45) is 0 Å². The van der Waals surface area contributed by atoms with E-state index in [-0.39, 0.29) is 5.82 Å². The third-order valence-corrected chi connectivity index (χ3v) is 3.87. The van der Waals surface area contributed by atoms with Crippen LogP contribution in [0.2, 0.25) is 0 Å². The van der Waals surface area contributed by atoms with Gasteiger partial charge in [-0.25, -0.2) is 4.39 Å². The number of rotatable bonds is 1. The first-order valence-corrected chi connectivity index (χ1v) is 6.26. The molecular formula is C12H15FS. The third-order valence-electron chi connectivity index (χ3n) is 2.82. The summed E-state index contributed by atoms with van der Waals surface area (Å²) in [5.74, 6) is 2.80. The highest BCUT2D eigenvalue weighted by Gasteiger charge is 2.18. The van der Waals surface area contributed by atoms with E-state index in [9.17, 15) is 4.39 Å². The van der Waals surface area contributed by atoms with Gasteiger partial charge >= 0.3 is 0 Å². The minimum Gasteiger partial charge on any atom is -0.207 e. The first-order valence-electron chi connectivity index (χ1n) is 5.11. The van der Waals surface area contributed by atoms with Gasteiger partial charge < -0.3 is 0 Å². The maximum absolute atomic E-state index is 13.6. The standard InChI is InChI=1S/C12H15FS/c1-9-2-3-11(12(13)8-9)10-4-6-14-7-5-10/h2-3,8,10H,4-7H2,1H3. The molecule has 14 heavy (non-hydrogen) atoms. The molecule has 2 rings (SSSR count). The molecule has 1 fully saturated rings. The van der Waals surface area contributed by atoms with Crippen molar-refractivity contribution in [3.63, 3.8) is 0 Å². The number of thioether (sulfide) groups is 1. The minimum absolute atomic E-state index is 0.0121. The minimum atomic E-state index is -0.0121. The van der Waals surface area contributed by atoms with Crippen LogP contribution in [0.3, 0.4) is 0 Å². The Morgan fingerprint density at radius 2 is 2.00 bits per heavy atom. The van der Waals surface area contributed by atoms with E-state index < -0.39 is 0 Å². The first kappa shape index (κ1) is 10.0. The van der Waals surface area contributed by atoms with Gasteiger partial charge in [-0.2, -0.15) is 11.8 Å². The molecule has 0 aromatic heterocycles. The van der Waals surface area contributed by atoms with Crippen LogP contribution >= 0.6 is 11.8 Å². The molecular weight excluding hydrogens is 195 g/mol. The van der Waals surface area contributed by atoms with Crippen molar-refractivity contribution < 1.29 is 4.39 Å². The number of aryl methyl sites for hydroxylation is 1. The highest BCUT2D eigenvalue weighted by molar-refractivity contribution is 7.99. The summed E-state index contributed by atoms with van der Waals surface area (Å²) in [7, 11) is 0. The predicted molar refractivity (Wildman–Crippen MR) is 60.4 cm³/mol. The van der Waals surface area contributed by atoms with E-state index in [0.29, 0.717) is 5.92 Å². The fourth-order valence-corrected chi connectivity index (χ4v) is 3.08. The lowest BCUT2D eigenvalue weighted by Crippen LogP contribution is -2.09. The van der Waals surface area contributed by atoms with Gasteiger partial charge in [-0.15, -0.1) is 0 Å². The van der Waals surface area contributed by atoms with Gasteiger partial charge in [0.25, 0.3) is 0 Å². The van der Waals surface area contributed by atoms with Gasteiger partial charge in [0.05, 0.1) is 0 Å². The van der Waals surface area contributed by atoms with Crippen LogP contribution in [-0.2, 0) is 0 Å². The zero-order chi connectivity index (χ0) is 9.97. The topological polar surface area (TPSA) is 0 Å². The Labute approximate surface area is 88.9 Å². The van der Waals surface area contributed by atoms with Crippen molar-refractivity contribution in [1.29, 1.82) is 0 Å². The molecule has 1 heterocycles. The summed E-state index contributed by atoms with van der Waals surface area (Å²) in [6.45, 7) is 1.93. The SMILES string of the molecule is Cc1ccc(C2CCSCC2)c(F)c1. The molecule has 0 unspecified atom stereocenters. The van der Waals surface area contributed by atoms with Crippen molar-refractivity contribution >= 4 is 11.8 Å². The van der Waals surface area contributed by atoms with E-state index in [0.717, 1.165) is 24.0 Å². The summed E-state index contributed by atoms with van der Waals surface area (Å²) >= 11 is 1.98. The summed E-state index contributed by atoms with van der Waals surface area (Å²) in [5, 5.41) is 0. The summed E-state index contributed by atoms with van der Waals surface area (Å²) in [6, 6.07) is 5.63. The van der Waals surface area contributed by atoms with Crippen LogP contribution in [0.25, 0.3) is 0 Å². The number of hydrogen-bond donors (Lipinski definition) is 0. The molecule has 0 aliphatic carbocycles. The molecule has 0 saturated carbocycles. The van der Waals surface area contributed by atoms with Crippen molar-refractivity contribution in [2.75, 3.05) is 11.5 Å². The first-order chi connectivity index (χ1) is 6.77. The van der Waals surface area contributed by atoms with Gasteiger partial charge in [0.2, 0.25) is 0 Å². The van der Waals surface area contributed by atoms with Gasteiger partial charge in [-0.3, -0.25) is 0 Å². The molecule has 1 aliphatic rings. The van der Waals surface area contributed by atoms with E-state index in [2.05, 4.69) is 0 Å². The van der Waals surface area contributed by atoms with Gasteiger partial charge in [0.15, 0.2) is 0 Å². The smallest absolute Gasteiger partial charge is 0.126 e. The normalized spacial score (nSPS) is 18.4. The molecule has 0 amide bonds. The van der Waals surface area contributed by atoms with E-state index in [4.69, 9.17) is 0 Å². The van der Waals surface area contributed by atoms with E-state index in [1.54, 1.807) is 6.07 Å². The maximum Gasteiger partial charge on any atom is 0.126 e. The lowest BCUT2D eigenvalue weighted by atomic mass is 9.92. The van der Waals surface area contributed by atoms with Crippen molar-refractivity contribution in [3.8, 4) is 0 Å². The lowest BCUT2D eigenvalue weighted by molar-refractivity contribution is 0.556. The van der Waals surface area contributed by atoms with Crippen LogP contribution in [0.5, 0.6) is 0 Å². The molecule has 0 atom stereocenters. The summed E-state index contributed by atoms with van der Waals surface area (Å²) in [4.78, 5) is 0. The average Bonchev–Trinajstić information content (AvgIpc) is 2.19. The van der Waals surface area contributed by atoms with Gasteiger partial charge in [0.1, 0.15) is 5.82 Å². The van der Waals surface area contributed by atoms with E-state index >= 15 is 0 Å². The molecule has 0 radical (unpaired) electrons. The predicted octanol–water partition coefficient (Wildman–Crippen LogP) is 3.74. The van der Waals surface area contributed by atoms with Crippen LogP contribution in [0.15, 0.2) is 18.2 Å². The Kier molecular flexibility index (Phi) is 3.12. The number of hydrogen-bond acceptors (Lipinski definition) is 1. The molecule has 1 saturated heterocycles. The zero-order valence-electron chi connectivity index (χ0n) is 8.42. The Balaban J connectivity index is 2.22. The molecule has 76 valence electrons. The van der Waals surface area contributed by atoms with Crippen molar-refractivity contribution in [2.45, 2.75) is 25.7 Å². The number of halogens is 1. The molecule has 1 aromatic rings. The number of benzene rings is 1. The maximum atomic E-state index is 13.6. The van der Waals surface area contributed by atoms with Gasteiger partial charge in [-0.05, 0) is 54.4 Å². The van der Waals surface area contributed by atoms with E-state index in [1.165, 1.54) is 11.5 Å². The van der Waals surface area contributed by atoms with E-state index in [1.807, 2.05) is 30.8 Å². The Morgan fingerprint density at radius 3 is 2.64 bits per heavy atom. The quantitative estimate of drug-likeness (QED) is 0.680. The molecule has 1 aliphatic heterocycles.